The summed E-state index contributed by atoms with van der Waals surface area (Å²) >= 11 is 0. The van der Waals surface area contributed by atoms with Crippen molar-refractivity contribution >= 4 is 17.5 Å². The average molecular weight is 456 g/mol. The van der Waals surface area contributed by atoms with Gasteiger partial charge in [-0.1, -0.05) is 18.2 Å². The highest BCUT2D eigenvalue weighted by atomic mass is 16.2. The van der Waals surface area contributed by atoms with E-state index >= 15 is 0 Å². The lowest BCUT2D eigenvalue weighted by atomic mass is 10.2. The van der Waals surface area contributed by atoms with Crippen LogP contribution < -0.4 is 16.0 Å². The number of piperazine rings is 1. The van der Waals surface area contributed by atoms with Crippen LogP contribution >= 0.6 is 0 Å². The molecule has 2 fully saturated rings. The lowest BCUT2D eigenvalue weighted by Crippen LogP contribution is -2.58. The number of carbonyl (C=O) groups is 2. The van der Waals surface area contributed by atoms with Crippen molar-refractivity contribution in [2.45, 2.75) is 39.5 Å². The van der Waals surface area contributed by atoms with Crippen molar-refractivity contribution in [2.75, 3.05) is 58.2 Å². The Bertz CT molecular complexity index is 908. The third-order valence-electron chi connectivity index (χ3n) is 6.62. The summed E-state index contributed by atoms with van der Waals surface area (Å²) in [5, 5.41) is 9.72. The van der Waals surface area contributed by atoms with Gasteiger partial charge in [0.1, 0.15) is 11.5 Å². The second-order valence-electron chi connectivity index (χ2n) is 9.47. The zero-order valence-electron chi connectivity index (χ0n) is 20.2. The molecule has 2 saturated heterocycles. The Morgan fingerprint density at radius 1 is 1.09 bits per heavy atom. The van der Waals surface area contributed by atoms with Crippen LogP contribution in [0.3, 0.4) is 0 Å². The van der Waals surface area contributed by atoms with Crippen molar-refractivity contribution in [3.8, 4) is 0 Å². The summed E-state index contributed by atoms with van der Waals surface area (Å²) in [7, 11) is 2.10. The molecule has 3 aliphatic heterocycles. The highest BCUT2D eigenvalue weighted by molar-refractivity contribution is 6.05. The van der Waals surface area contributed by atoms with Crippen LogP contribution in [0.1, 0.15) is 25.8 Å². The monoisotopic (exact) mass is 455 g/mol. The Morgan fingerprint density at radius 2 is 1.82 bits per heavy atom. The van der Waals surface area contributed by atoms with E-state index in [-0.39, 0.29) is 24.1 Å². The van der Waals surface area contributed by atoms with Crippen LogP contribution in [-0.2, 0) is 9.59 Å². The van der Waals surface area contributed by atoms with E-state index in [1.807, 2.05) is 31.2 Å². The molecule has 0 bridgehead atoms. The SMILES string of the molecule is Cc1ccccc1NC(=O)C1=C(NC(=O)CN2CCN(C)CC2)N(C(C)C)C2NCCCN12. The number of anilines is 1. The predicted molar refractivity (Wildman–Crippen MR) is 129 cm³/mol. The number of hydrogen-bond donors (Lipinski definition) is 3. The minimum Gasteiger partial charge on any atom is -0.331 e. The molecule has 2 amide bonds. The fourth-order valence-electron chi connectivity index (χ4n) is 4.75. The minimum absolute atomic E-state index is 0.0822. The van der Waals surface area contributed by atoms with Crippen molar-refractivity contribution < 1.29 is 9.59 Å². The standard InChI is InChI=1S/C24H37N7O2/c1-17(2)31-22(27-20(32)16-29-14-12-28(4)13-15-29)21(30-11-7-10-25-24(30)31)23(33)26-19-9-6-5-8-18(19)3/h5-6,8-9,17,24-25H,7,10-16H2,1-4H3,(H,26,33)(H,27,32). The van der Waals surface area contributed by atoms with Gasteiger partial charge >= 0.3 is 0 Å². The minimum atomic E-state index is -0.198. The van der Waals surface area contributed by atoms with Crippen molar-refractivity contribution in [3.05, 3.63) is 41.3 Å². The molecule has 0 aromatic heterocycles. The second kappa shape index (κ2) is 10.1. The molecule has 9 nitrogen and oxygen atoms in total. The highest BCUT2D eigenvalue weighted by Gasteiger charge is 2.44. The third kappa shape index (κ3) is 5.15. The van der Waals surface area contributed by atoms with Gasteiger partial charge in [-0.05, 0) is 45.9 Å². The molecule has 0 spiro atoms. The van der Waals surface area contributed by atoms with Gasteiger partial charge in [0.05, 0.1) is 6.54 Å². The first-order valence-electron chi connectivity index (χ1n) is 12.0. The fourth-order valence-corrected chi connectivity index (χ4v) is 4.75. The largest absolute Gasteiger partial charge is 0.331 e. The summed E-state index contributed by atoms with van der Waals surface area (Å²) in [5.41, 5.74) is 2.30. The number of nitrogens with zero attached hydrogens (tertiary/aromatic N) is 4. The second-order valence-corrected chi connectivity index (χ2v) is 9.47. The van der Waals surface area contributed by atoms with Crippen molar-refractivity contribution in [2.24, 2.45) is 0 Å². The molecule has 1 unspecified atom stereocenters. The van der Waals surface area contributed by atoms with E-state index in [2.05, 4.69) is 56.4 Å². The summed E-state index contributed by atoms with van der Waals surface area (Å²) in [6.07, 6.45) is 0.793. The van der Waals surface area contributed by atoms with Crippen molar-refractivity contribution in [1.82, 2.24) is 30.2 Å². The Balaban J connectivity index is 1.60. The molecule has 33 heavy (non-hydrogen) atoms. The molecule has 0 saturated carbocycles. The smallest absolute Gasteiger partial charge is 0.275 e. The average Bonchev–Trinajstić information content (AvgIpc) is 3.10. The van der Waals surface area contributed by atoms with Crippen LogP contribution in [0.15, 0.2) is 35.8 Å². The zero-order valence-corrected chi connectivity index (χ0v) is 20.2. The number of para-hydroxylation sites is 1. The van der Waals surface area contributed by atoms with Gasteiger partial charge in [0.2, 0.25) is 5.91 Å². The van der Waals surface area contributed by atoms with Crippen LogP contribution in [0.25, 0.3) is 0 Å². The van der Waals surface area contributed by atoms with Gasteiger partial charge in [-0.15, -0.1) is 0 Å². The summed E-state index contributed by atoms with van der Waals surface area (Å²) in [5.74, 6) is 0.312. The number of aryl methyl sites for hydroxylation is 1. The molecule has 180 valence electrons. The third-order valence-corrected chi connectivity index (χ3v) is 6.62. The van der Waals surface area contributed by atoms with E-state index in [0.29, 0.717) is 18.1 Å². The highest BCUT2D eigenvalue weighted by Crippen LogP contribution is 2.32. The van der Waals surface area contributed by atoms with Gasteiger partial charge in [0, 0.05) is 51.0 Å². The Kier molecular flexibility index (Phi) is 7.21. The van der Waals surface area contributed by atoms with Crippen LogP contribution in [0.2, 0.25) is 0 Å². The Hall–Kier alpha value is -2.62. The summed E-state index contributed by atoms with van der Waals surface area (Å²) < 4.78 is 0. The van der Waals surface area contributed by atoms with E-state index in [0.717, 1.165) is 56.9 Å². The summed E-state index contributed by atoms with van der Waals surface area (Å²) in [4.78, 5) is 35.3. The van der Waals surface area contributed by atoms with E-state index in [4.69, 9.17) is 0 Å². The van der Waals surface area contributed by atoms with E-state index < -0.39 is 0 Å². The molecule has 9 heteroatoms. The molecule has 0 aliphatic carbocycles. The maximum absolute atomic E-state index is 13.6. The van der Waals surface area contributed by atoms with E-state index in [9.17, 15) is 9.59 Å². The molecule has 3 heterocycles. The maximum atomic E-state index is 13.6. The topological polar surface area (TPSA) is 83.2 Å². The zero-order chi connectivity index (χ0) is 23.5. The first kappa shape index (κ1) is 23.5. The first-order chi connectivity index (χ1) is 15.8. The molecule has 3 N–H and O–H groups in total. The maximum Gasteiger partial charge on any atom is 0.275 e. The quantitative estimate of drug-likeness (QED) is 0.584. The molecule has 0 radical (unpaired) electrons. The van der Waals surface area contributed by atoms with Gasteiger partial charge in [-0.3, -0.25) is 19.8 Å². The van der Waals surface area contributed by atoms with E-state index in [1.165, 1.54) is 0 Å². The van der Waals surface area contributed by atoms with Crippen LogP contribution in [-0.4, -0.2) is 96.6 Å². The molecule has 3 aliphatic rings. The van der Waals surface area contributed by atoms with E-state index in [1.54, 1.807) is 0 Å². The molecular formula is C24H37N7O2. The number of fused-ring (bicyclic) bond motifs is 1. The normalized spacial score (nSPS) is 22.0. The summed E-state index contributed by atoms with van der Waals surface area (Å²) in [6.45, 7) is 11.8. The fraction of sp³-hybridized carbons (Fsp3) is 0.583. The predicted octanol–water partition coefficient (Wildman–Crippen LogP) is 0.769. The van der Waals surface area contributed by atoms with Gasteiger partial charge in [-0.25, -0.2) is 0 Å². The van der Waals surface area contributed by atoms with Gasteiger partial charge < -0.3 is 25.3 Å². The number of nitrogens with one attached hydrogen (secondary N) is 3. The van der Waals surface area contributed by atoms with Gasteiger partial charge in [-0.2, -0.15) is 0 Å². The van der Waals surface area contributed by atoms with Crippen LogP contribution in [0.5, 0.6) is 0 Å². The molecular weight excluding hydrogens is 418 g/mol. The first-order valence-corrected chi connectivity index (χ1v) is 12.0. The lowest BCUT2D eigenvalue weighted by molar-refractivity contribution is -0.122. The molecule has 1 aromatic carbocycles. The lowest BCUT2D eigenvalue weighted by Gasteiger charge is -2.40. The number of amides is 2. The molecule has 1 aromatic rings. The number of rotatable bonds is 6. The van der Waals surface area contributed by atoms with Crippen LogP contribution in [0, 0.1) is 6.92 Å². The van der Waals surface area contributed by atoms with Gasteiger partial charge in [0.15, 0.2) is 6.29 Å². The molecule has 1 atom stereocenters. The van der Waals surface area contributed by atoms with Gasteiger partial charge in [0.25, 0.3) is 5.91 Å². The Labute approximate surface area is 196 Å². The number of hydrogen-bond acceptors (Lipinski definition) is 7. The molecule has 4 rings (SSSR count). The van der Waals surface area contributed by atoms with Crippen molar-refractivity contribution in [1.29, 1.82) is 0 Å². The number of carbonyl (C=O) groups excluding carboxylic acids is 2. The number of likely N-dealkylation sites (N-methyl/N-ethyl adjacent to an activating group) is 1. The Morgan fingerprint density at radius 3 is 2.52 bits per heavy atom. The van der Waals surface area contributed by atoms with Crippen molar-refractivity contribution in [3.63, 3.8) is 0 Å². The number of benzene rings is 1. The van der Waals surface area contributed by atoms with Crippen LogP contribution in [0.4, 0.5) is 5.69 Å². The summed E-state index contributed by atoms with van der Waals surface area (Å²) in [6, 6.07) is 7.85.